The van der Waals surface area contributed by atoms with Gasteiger partial charge < -0.3 is 10.5 Å². The first-order chi connectivity index (χ1) is 6.38. The molecule has 1 aromatic rings. The zero-order chi connectivity index (χ0) is 10.8. The molecule has 0 radical (unpaired) electrons. The van der Waals surface area contributed by atoms with E-state index in [1.807, 2.05) is 20.8 Å². The van der Waals surface area contributed by atoms with E-state index in [0.717, 1.165) is 0 Å². The first-order valence-electron chi connectivity index (χ1n) is 4.40. The van der Waals surface area contributed by atoms with Gasteiger partial charge in [0, 0.05) is 11.6 Å². The van der Waals surface area contributed by atoms with Crippen LogP contribution in [0.2, 0.25) is 0 Å². The topological polar surface area (TPSA) is 56.0 Å². The zero-order valence-electron chi connectivity index (χ0n) is 8.57. The summed E-state index contributed by atoms with van der Waals surface area (Å²) in [6.45, 7) is 5.66. The van der Waals surface area contributed by atoms with Crippen LogP contribution in [-0.4, -0.2) is 11.4 Å². The molecule has 76 valence electrons. The summed E-state index contributed by atoms with van der Waals surface area (Å²) in [7, 11) is 0. The summed E-state index contributed by atoms with van der Waals surface area (Å²) in [4.78, 5) is 11.5. The fourth-order valence-electron chi connectivity index (χ4n) is 1.00. The van der Waals surface area contributed by atoms with Crippen molar-refractivity contribution in [2.45, 2.75) is 26.3 Å². The number of rotatable bonds is 1. The molecule has 1 amide bonds. The van der Waals surface area contributed by atoms with Crippen LogP contribution in [0.1, 0.15) is 31.1 Å². The van der Waals surface area contributed by atoms with Crippen molar-refractivity contribution in [2.24, 2.45) is 0 Å². The SMILES string of the molecule is CC(C)(C)NC(=O)c1ccc[n+]([O-])c1. The van der Waals surface area contributed by atoms with Crippen LogP contribution in [0.4, 0.5) is 0 Å². The number of amides is 1. The second-order valence-corrected chi connectivity index (χ2v) is 4.16. The minimum atomic E-state index is -0.291. The third kappa shape index (κ3) is 3.05. The Morgan fingerprint density at radius 1 is 1.50 bits per heavy atom. The molecule has 0 bridgehead atoms. The lowest BCUT2D eigenvalue weighted by molar-refractivity contribution is -0.605. The lowest BCUT2D eigenvalue weighted by atomic mass is 10.1. The maximum absolute atomic E-state index is 11.5. The molecule has 0 aliphatic rings. The lowest BCUT2D eigenvalue weighted by Crippen LogP contribution is -2.41. The molecule has 1 rings (SSSR count). The number of carbonyl (C=O) groups is 1. The average Bonchev–Trinajstić information content (AvgIpc) is 2.01. The Hall–Kier alpha value is -1.58. The second kappa shape index (κ2) is 3.65. The predicted octanol–water partition coefficient (Wildman–Crippen LogP) is 0.848. The van der Waals surface area contributed by atoms with E-state index in [2.05, 4.69) is 5.32 Å². The van der Waals surface area contributed by atoms with Crippen LogP contribution >= 0.6 is 0 Å². The Labute approximate surface area is 83.1 Å². The van der Waals surface area contributed by atoms with Crippen LogP contribution in [0, 0.1) is 5.21 Å². The van der Waals surface area contributed by atoms with Gasteiger partial charge in [-0.1, -0.05) is 0 Å². The molecule has 0 saturated carbocycles. The Balaban J connectivity index is 2.80. The van der Waals surface area contributed by atoms with Gasteiger partial charge in [-0.15, -0.1) is 0 Å². The van der Waals surface area contributed by atoms with Crippen molar-refractivity contribution in [1.82, 2.24) is 5.32 Å². The number of aromatic nitrogens is 1. The van der Waals surface area contributed by atoms with Crippen LogP contribution in [0.5, 0.6) is 0 Å². The molecule has 14 heavy (non-hydrogen) atoms. The summed E-state index contributed by atoms with van der Waals surface area (Å²) in [5.74, 6) is -0.234. The van der Waals surface area contributed by atoms with Gasteiger partial charge in [0.1, 0.15) is 5.56 Å². The van der Waals surface area contributed by atoms with Crippen LogP contribution in [-0.2, 0) is 0 Å². The molecule has 0 atom stereocenters. The van der Waals surface area contributed by atoms with E-state index in [1.54, 1.807) is 12.1 Å². The van der Waals surface area contributed by atoms with E-state index >= 15 is 0 Å². The highest BCUT2D eigenvalue weighted by Crippen LogP contribution is 2.02. The van der Waals surface area contributed by atoms with Crippen molar-refractivity contribution < 1.29 is 9.52 Å². The van der Waals surface area contributed by atoms with E-state index in [1.165, 1.54) is 12.4 Å². The fraction of sp³-hybridized carbons (Fsp3) is 0.400. The van der Waals surface area contributed by atoms with Gasteiger partial charge in [0.05, 0.1) is 0 Å². The molecule has 0 saturated heterocycles. The van der Waals surface area contributed by atoms with Gasteiger partial charge in [-0.25, -0.2) is 0 Å². The summed E-state index contributed by atoms with van der Waals surface area (Å²) < 4.78 is 0.609. The Kier molecular flexibility index (Phi) is 2.74. The highest BCUT2D eigenvalue weighted by molar-refractivity contribution is 5.94. The van der Waals surface area contributed by atoms with Crippen LogP contribution in [0.25, 0.3) is 0 Å². The largest absolute Gasteiger partial charge is 0.619 e. The molecule has 0 aliphatic carbocycles. The van der Waals surface area contributed by atoms with Crippen molar-refractivity contribution in [3.05, 3.63) is 35.3 Å². The fourth-order valence-corrected chi connectivity index (χ4v) is 1.00. The second-order valence-electron chi connectivity index (χ2n) is 4.16. The molecule has 4 nitrogen and oxygen atoms in total. The maximum atomic E-state index is 11.5. The van der Waals surface area contributed by atoms with E-state index in [-0.39, 0.29) is 11.4 Å². The lowest BCUT2D eigenvalue weighted by Gasteiger charge is -2.19. The standard InChI is InChI=1S/C10H14N2O2/c1-10(2,3)11-9(13)8-5-4-6-12(14)7-8/h4-7H,1-3H3,(H,11,13). The minimum absolute atomic E-state index is 0.234. The van der Waals surface area contributed by atoms with E-state index in [4.69, 9.17) is 0 Å². The average molecular weight is 194 g/mol. The summed E-state index contributed by atoms with van der Waals surface area (Å²) in [5, 5.41) is 13.7. The Morgan fingerprint density at radius 2 is 2.14 bits per heavy atom. The molecule has 0 aromatic carbocycles. The molecular weight excluding hydrogens is 180 g/mol. The summed E-state index contributed by atoms with van der Waals surface area (Å²) >= 11 is 0. The van der Waals surface area contributed by atoms with Crippen LogP contribution in [0.3, 0.4) is 0 Å². The van der Waals surface area contributed by atoms with E-state index < -0.39 is 0 Å². The van der Waals surface area contributed by atoms with Crippen molar-refractivity contribution in [1.29, 1.82) is 0 Å². The van der Waals surface area contributed by atoms with Crippen LogP contribution < -0.4 is 10.0 Å². The molecule has 1 aromatic heterocycles. The predicted molar refractivity (Wildman–Crippen MR) is 52.6 cm³/mol. The van der Waals surface area contributed by atoms with Gasteiger partial charge in [0.25, 0.3) is 5.91 Å². The van der Waals surface area contributed by atoms with E-state index in [9.17, 15) is 10.0 Å². The van der Waals surface area contributed by atoms with Gasteiger partial charge in [-0.05, 0) is 26.8 Å². The smallest absolute Gasteiger partial charge is 0.257 e. The van der Waals surface area contributed by atoms with Crippen LogP contribution in [0.15, 0.2) is 24.5 Å². The Morgan fingerprint density at radius 3 is 2.64 bits per heavy atom. The maximum Gasteiger partial charge on any atom is 0.257 e. The molecule has 0 fully saturated rings. The highest BCUT2D eigenvalue weighted by atomic mass is 16.5. The molecular formula is C10H14N2O2. The molecule has 1 heterocycles. The number of carbonyl (C=O) groups excluding carboxylic acids is 1. The van der Waals surface area contributed by atoms with E-state index in [0.29, 0.717) is 10.3 Å². The van der Waals surface area contributed by atoms with Gasteiger partial charge in [-0.3, -0.25) is 4.79 Å². The summed E-state index contributed by atoms with van der Waals surface area (Å²) in [6, 6.07) is 3.15. The third-order valence-corrected chi connectivity index (χ3v) is 1.53. The molecule has 0 unspecified atom stereocenters. The quantitative estimate of drug-likeness (QED) is 0.532. The zero-order valence-corrected chi connectivity index (χ0v) is 8.57. The summed E-state index contributed by atoms with van der Waals surface area (Å²) in [6.07, 6.45) is 2.59. The third-order valence-electron chi connectivity index (χ3n) is 1.53. The number of hydrogen-bond acceptors (Lipinski definition) is 2. The normalized spacial score (nSPS) is 11.1. The summed E-state index contributed by atoms with van der Waals surface area (Å²) in [5.41, 5.74) is 0.0816. The van der Waals surface area contributed by atoms with Crippen molar-refractivity contribution in [2.75, 3.05) is 0 Å². The number of hydrogen-bond donors (Lipinski definition) is 1. The van der Waals surface area contributed by atoms with Gasteiger partial charge >= 0.3 is 0 Å². The molecule has 4 heteroatoms. The first kappa shape index (κ1) is 10.5. The number of pyridine rings is 1. The number of nitrogens with one attached hydrogen (secondary N) is 1. The number of nitrogens with zero attached hydrogens (tertiary/aromatic N) is 1. The van der Waals surface area contributed by atoms with Crippen molar-refractivity contribution >= 4 is 5.91 Å². The molecule has 0 aliphatic heterocycles. The first-order valence-corrected chi connectivity index (χ1v) is 4.40. The van der Waals surface area contributed by atoms with Gasteiger partial charge in [0.2, 0.25) is 0 Å². The monoisotopic (exact) mass is 194 g/mol. The molecule has 0 spiro atoms. The minimum Gasteiger partial charge on any atom is -0.619 e. The molecule has 1 N–H and O–H groups in total. The van der Waals surface area contributed by atoms with Gasteiger partial charge in [0.15, 0.2) is 12.4 Å². The van der Waals surface area contributed by atoms with Crippen molar-refractivity contribution in [3.63, 3.8) is 0 Å². The van der Waals surface area contributed by atoms with Gasteiger partial charge in [-0.2, -0.15) is 4.73 Å². The highest BCUT2D eigenvalue weighted by Gasteiger charge is 2.16. The Bertz CT molecular complexity index is 342. The van der Waals surface area contributed by atoms with Crippen molar-refractivity contribution in [3.8, 4) is 0 Å².